The Bertz CT molecular complexity index is 6750. The molecule has 0 atom stereocenters. The highest BCUT2D eigenvalue weighted by molar-refractivity contribution is 6.14. The maximum Gasteiger partial charge on any atom is 0.276 e. The molecule has 2 saturated heterocycles. The molecule has 616 valence electrons. The number of carbonyl (C=O) groups excluding carboxylic acids is 5. The minimum absolute atomic E-state index is 0.0308. The van der Waals surface area contributed by atoms with Crippen LogP contribution in [0.25, 0.3) is 88.1 Å². The Morgan fingerprint density at radius 1 is 0.331 bits per heavy atom. The van der Waals surface area contributed by atoms with E-state index in [-0.39, 0.29) is 46.8 Å². The number of amides is 5. The van der Waals surface area contributed by atoms with E-state index in [4.69, 9.17) is 4.74 Å². The topological polar surface area (TPSA) is 431 Å². The van der Waals surface area contributed by atoms with Gasteiger partial charge in [-0.1, -0.05) is 42.5 Å². The van der Waals surface area contributed by atoms with Crippen LogP contribution in [0.3, 0.4) is 0 Å². The number of benzene rings is 5. The van der Waals surface area contributed by atoms with Crippen molar-refractivity contribution in [2.45, 2.75) is 72.9 Å². The van der Waals surface area contributed by atoms with Gasteiger partial charge in [0.05, 0.1) is 112 Å². The van der Waals surface area contributed by atoms with Gasteiger partial charge in [0.1, 0.15) is 34.8 Å². The Balaban J connectivity index is 0.000000117. The van der Waals surface area contributed by atoms with E-state index in [1.165, 1.54) is 30.4 Å². The lowest BCUT2D eigenvalue weighted by Gasteiger charge is -2.30. The van der Waals surface area contributed by atoms with E-state index >= 15 is 0 Å². The smallest absolute Gasteiger partial charge is 0.276 e. The number of anilines is 5. The lowest BCUT2D eigenvalue weighted by molar-refractivity contribution is -0.117. The second-order valence-corrected chi connectivity index (χ2v) is 30.0. The van der Waals surface area contributed by atoms with Crippen molar-refractivity contribution >= 4 is 102 Å². The lowest BCUT2D eigenvalue weighted by atomic mass is 10.0. The van der Waals surface area contributed by atoms with Gasteiger partial charge in [-0.15, -0.1) is 0 Å². The average Bonchev–Trinajstić information content (AvgIpc) is 1.65. The average molecular weight is 1650 g/mol. The van der Waals surface area contributed by atoms with Crippen LogP contribution in [-0.4, -0.2) is 166 Å². The van der Waals surface area contributed by atoms with Crippen molar-refractivity contribution in [3.63, 3.8) is 0 Å². The normalized spacial score (nSPS) is 13.0. The molecule has 2 aliphatic heterocycles. The third kappa shape index (κ3) is 19.6. The molecule has 14 heterocycles. The van der Waals surface area contributed by atoms with Gasteiger partial charge >= 0.3 is 0 Å². The molecule has 5 aromatic carbocycles. The summed E-state index contributed by atoms with van der Waals surface area (Å²) in [7, 11) is 0. The highest BCUT2D eigenvalue weighted by atomic mass is 16.5. The third-order valence-electron chi connectivity index (χ3n) is 20.8. The van der Waals surface area contributed by atoms with Crippen LogP contribution in [0.4, 0.5) is 28.4 Å². The van der Waals surface area contributed by atoms with Gasteiger partial charge in [-0.2, -0.15) is 20.4 Å². The second-order valence-electron chi connectivity index (χ2n) is 30.0. The van der Waals surface area contributed by atoms with Crippen molar-refractivity contribution < 1.29 is 28.7 Å². The number of fused-ring (bicyclic) bond motifs is 4. The van der Waals surface area contributed by atoms with Crippen LogP contribution in [0, 0.1) is 33.6 Å². The van der Waals surface area contributed by atoms with Crippen molar-refractivity contribution in [3.8, 4) is 56.0 Å². The number of hydrogen-bond donors (Lipinski definition) is 9. The third-order valence-corrected chi connectivity index (χ3v) is 20.8. The van der Waals surface area contributed by atoms with E-state index in [2.05, 4.69) is 149 Å². The van der Waals surface area contributed by atoms with E-state index in [0.717, 1.165) is 135 Å². The predicted octanol–water partition coefficient (Wildman–Crippen LogP) is 14.8. The monoisotopic (exact) mass is 1650 g/mol. The molecule has 0 bridgehead atoms. The molecular weight excluding hydrogens is 1570 g/mol. The molecule has 17 aromatic rings. The van der Waals surface area contributed by atoms with E-state index in [0.29, 0.717) is 79.6 Å². The number of para-hydroxylation sites is 1. The van der Waals surface area contributed by atoms with Crippen LogP contribution in [0.1, 0.15) is 108 Å². The summed E-state index contributed by atoms with van der Waals surface area (Å²) in [5.74, 6) is 2.72. The fourth-order valence-corrected chi connectivity index (χ4v) is 14.0. The van der Waals surface area contributed by atoms with Gasteiger partial charge in [-0.3, -0.25) is 74.1 Å². The first-order valence-electron chi connectivity index (χ1n) is 40.1. The van der Waals surface area contributed by atoms with Gasteiger partial charge < -0.3 is 31.3 Å². The lowest BCUT2D eigenvalue weighted by Crippen LogP contribution is -2.36. The molecule has 1 aliphatic carbocycles. The number of ether oxygens (including phenoxy) is 1. The molecule has 0 spiro atoms. The number of nitrogens with zero attached hydrogens (tertiary/aromatic N) is 18. The number of rotatable bonds is 20. The summed E-state index contributed by atoms with van der Waals surface area (Å²) in [5, 5.41) is 45.4. The number of aryl methyl sites for hydroxylation is 4. The first kappa shape index (κ1) is 80.4. The minimum atomic E-state index is -0.362. The Morgan fingerprint density at radius 3 is 1.01 bits per heavy atom. The minimum Gasteiger partial charge on any atom is -0.456 e. The molecule has 33 heteroatoms. The second kappa shape index (κ2) is 36.7. The summed E-state index contributed by atoms with van der Waals surface area (Å²) >= 11 is 0. The number of pyridine rings is 4. The van der Waals surface area contributed by atoms with Crippen molar-refractivity contribution in [1.29, 1.82) is 0 Å². The molecule has 20 rings (SSSR count). The number of likely N-dealkylation sites (tertiary alicyclic amines) is 2. The first-order chi connectivity index (χ1) is 60.5. The van der Waals surface area contributed by atoms with Crippen LogP contribution in [0.5, 0.6) is 11.5 Å². The number of aromatic amines is 4. The molecule has 3 fully saturated rings. The van der Waals surface area contributed by atoms with Gasteiger partial charge in [0, 0.05) is 100.0 Å². The molecule has 9 N–H and O–H groups in total. The standard InChI is InChI=1S/C24H18N6O2.C23H23N7O.C22H19N7O2.C22H21N7O/c1-15-26-12-18(13-27-15)28-24(31)23-21-10-16(7-8-22(21)29-30-23)17-9-20(14-25-11-17)32-19-5-3-2-4-6-19;1-15-25-12-19(13-26-15)27-23(31)22-20-9-17(4-5-21(20)28-29-22)18-8-16(10-24-11-18)14-30-6-2-3-7-30;1-12-24-10-17(11-25-12)27-22(31)20-18-7-14(4-5-19(18)28-29-20)15-6-16(9-23-8-15)26-21(30)13-2-3-13;1-14-24-11-18(12-25-14)26-22(30)21-19-8-16(3-4-20(19)27-28-21)17-7-15(9-23-10-17)13-29-5-2-6-29/h2-14H,1H3,(H,28,31)(H,29,30);4-5,8-13H,2-3,6-7,14H2,1H3,(H,27,31)(H,28,29);4-11,13H,2-3H2,1H3,(H,26,30)(H,27,31)(H,28,29);3-4,7-12H,2,5-6,13H2,1H3,(H,26,30)(H,27,28). The molecule has 5 amide bonds. The zero-order valence-electron chi connectivity index (χ0n) is 67.7. The fourth-order valence-electron chi connectivity index (χ4n) is 14.0. The van der Waals surface area contributed by atoms with Gasteiger partial charge in [0.25, 0.3) is 23.6 Å². The first-order valence-corrected chi connectivity index (χ1v) is 40.1. The molecule has 1 saturated carbocycles. The van der Waals surface area contributed by atoms with Crippen molar-refractivity contribution in [2.24, 2.45) is 5.92 Å². The summed E-state index contributed by atoms with van der Waals surface area (Å²) in [6.07, 6.45) is 32.5. The van der Waals surface area contributed by atoms with Crippen molar-refractivity contribution in [2.75, 3.05) is 52.8 Å². The fraction of sp³-hybridized carbons (Fsp3) is 0.176. The van der Waals surface area contributed by atoms with Gasteiger partial charge in [0.2, 0.25) is 5.91 Å². The molecule has 3 aliphatic rings. The largest absolute Gasteiger partial charge is 0.456 e. The Labute approximate surface area is 708 Å². The SMILES string of the molecule is Cc1ncc(NC(=O)c2n[nH]c3ccc(-c4cncc(CN5CCC5)c4)cc23)cn1.Cc1ncc(NC(=O)c2n[nH]c3ccc(-c4cncc(CN5CCCC5)c4)cc23)cn1.Cc1ncc(NC(=O)c2n[nH]c3ccc(-c4cncc(NC(=O)C5CC5)c4)cc23)cn1.Cc1ncc(NC(=O)c2n[nH]c3ccc(-c4cncc(Oc5ccccc5)c4)cc23)cn1. The van der Waals surface area contributed by atoms with Gasteiger partial charge in [-0.25, -0.2) is 39.9 Å². The van der Waals surface area contributed by atoms with Gasteiger partial charge in [-0.05, 0) is 204 Å². The number of H-pyrrole nitrogens is 4. The zero-order valence-corrected chi connectivity index (χ0v) is 67.7. The molecule has 0 unspecified atom stereocenters. The van der Waals surface area contributed by atoms with Crippen molar-refractivity contribution in [3.05, 3.63) is 284 Å². The van der Waals surface area contributed by atoms with E-state index in [9.17, 15) is 24.0 Å². The number of hydrogen-bond acceptors (Lipinski definition) is 24. The van der Waals surface area contributed by atoms with Crippen LogP contribution in [0.15, 0.2) is 227 Å². The highest BCUT2D eigenvalue weighted by Gasteiger charge is 2.30. The highest BCUT2D eigenvalue weighted by Crippen LogP contribution is 2.35. The maximum atomic E-state index is 12.8. The predicted molar refractivity (Wildman–Crippen MR) is 468 cm³/mol. The van der Waals surface area contributed by atoms with E-state index < -0.39 is 0 Å². The van der Waals surface area contributed by atoms with Crippen LogP contribution in [0.2, 0.25) is 0 Å². The summed E-state index contributed by atoms with van der Waals surface area (Å²) in [4.78, 5) is 118. The maximum absolute atomic E-state index is 12.8. The molecule has 0 radical (unpaired) electrons. The Kier molecular flexibility index (Phi) is 23.8. The molecule has 33 nitrogen and oxygen atoms in total. The quantitative estimate of drug-likeness (QED) is 0.0342. The zero-order chi connectivity index (χ0) is 85.0. The number of nitrogens with one attached hydrogen (secondary N) is 9. The van der Waals surface area contributed by atoms with Crippen molar-refractivity contribution in [1.82, 2.24) is 110 Å². The van der Waals surface area contributed by atoms with E-state index in [1.807, 2.05) is 140 Å². The molecular formula is C91H81N27O6. The molecule has 12 aromatic heterocycles. The number of aromatic nitrogens is 20. The summed E-state index contributed by atoms with van der Waals surface area (Å²) in [6, 6.07) is 40.9. The van der Waals surface area contributed by atoms with Crippen LogP contribution >= 0.6 is 0 Å². The summed E-state index contributed by atoms with van der Waals surface area (Å²) < 4.78 is 5.89. The summed E-state index contributed by atoms with van der Waals surface area (Å²) in [5.41, 5.74) is 16.9. The Hall–Kier alpha value is -16.0. The van der Waals surface area contributed by atoms with E-state index in [1.54, 1.807) is 102 Å². The summed E-state index contributed by atoms with van der Waals surface area (Å²) in [6.45, 7) is 13.6. The van der Waals surface area contributed by atoms with Gasteiger partial charge in [0.15, 0.2) is 22.8 Å². The number of carbonyl (C=O) groups is 5. The Morgan fingerprint density at radius 2 is 0.661 bits per heavy atom. The van der Waals surface area contributed by atoms with Crippen LogP contribution < -0.4 is 31.3 Å². The molecule has 124 heavy (non-hydrogen) atoms. The van der Waals surface area contributed by atoms with Crippen LogP contribution in [-0.2, 0) is 17.9 Å².